The molecule has 9 heteroatoms. The maximum Gasteiger partial charge on any atom is 0.437 e. The van der Waals surface area contributed by atoms with E-state index in [-0.39, 0.29) is 11.8 Å². The van der Waals surface area contributed by atoms with Gasteiger partial charge < -0.3 is 14.5 Å². The first-order valence-electron chi connectivity index (χ1n) is 8.42. The molecule has 1 aromatic heterocycles. The average Bonchev–Trinajstić information content (AvgIpc) is 3.46. The zero-order valence-electron chi connectivity index (χ0n) is 14.7. The molecule has 0 aliphatic heterocycles. The van der Waals surface area contributed by atoms with Crippen molar-refractivity contribution >= 4 is 11.9 Å². The molecule has 0 unspecified atom stereocenters. The smallest absolute Gasteiger partial charge is 0.437 e. The van der Waals surface area contributed by atoms with Gasteiger partial charge in [-0.05, 0) is 37.8 Å². The Hall–Kier alpha value is -3.41. The summed E-state index contributed by atoms with van der Waals surface area (Å²) >= 11 is 0. The Labute approximate surface area is 154 Å². The molecule has 0 radical (unpaired) electrons. The summed E-state index contributed by atoms with van der Waals surface area (Å²) in [6, 6.07) is 10.8. The second-order valence-electron chi connectivity index (χ2n) is 6.49. The van der Waals surface area contributed by atoms with Crippen LogP contribution in [0.2, 0.25) is 0 Å². The minimum atomic E-state index is -0.961. The van der Waals surface area contributed by atoms with E-state index in [1.165, 1.54) is 0 Å². The molecule has 1 aliphatic carbocycles. The molecule has 1 atom stereocenters. The predicted octanol–water partition coefficient (Wildman–Crippen LogP) is 0.855. The lowest BCUT2D eigenvalue weighted by Crippen LogP contribution is -2.48. The predicted molar refractivity (Wildman–Crippen MR) is 92.0 cm³/mol. The van der Waals surface area contributed by atoms with Gasteiger partial charge in [0.25, 0.3) is 5.91 Å². The quantitative estimate of drug-likeness (QED) is 0.716. The van der Waals surface area contributed by atoms with Crippen molar-refractivity contribution in [3.05, 3.63) is 40.9 Å². The SMILES string of the molecule is C[C@](C#N)(NC(=O)COC(=O)Cn1nc(-c2ccccc2)oc1=O)C1CC1. The van der Waals surface area contributed by atoms with Gasteiger partial charge in [-0.15, -0.1) is 5.10 Å². The van der Waals surface area contributed by atoms with Crippen LogP contribution in [0.15, 0.2) is 39.5 Å². The molecule has 0 saturated heterocycles. The van der Waals surface area contributed by atoms with Crippen molar-refractivity contribution in [2.75, 3.05) is 6.61 Å². The van der Waals surface area contributed by atoms with E-state index in [4.69, 9.17) is 9.15 Å². The molecule has 9 nitrogen and oxygen atoms in total. The van der Waals surface area contributed by atoms with E-state index in [2.05, 4.69) is 16.5 Å². The van der Waals surface area contributed by atoms with Crippen molar-refractivity contribution in [1.82, 2.24) is 15.1 Å². The fourth-order valence-electron chi connectivity index (χ4n) is 2.63. The van der Waals surface area contributed by atoms with E-state index in [1.54, 1.807) is 31.2 Å². The maximum absolute atomic E-state index is 11.9. The molecular weight excluding hydrogens is 352 g/mol. The first-order valence-corrected chi connectivity index (χ1v) is 8.42. The molecular formula is C18H18N4O5. The minimum absolute atomic E-state index is 0.0837. The molecule has 1 amide bonds. The number of esters is 1. The molecule has 0 bridgehead atoms. The molecule has 1 aliphatic rings. The van der Waals surface area contributed by atoms with E-state index >= 15 is 0 Å². The van der Waals surface area contributed by atoms with Crippen LogP contribution in [0.3, 0.4) is 0 Å². The lowest BCUT2D eigenvalue weighted by Gasteiger charge is -2.22. The molecule has 27 heavy (non-hydrogen) atoms. The van der Waals surface area contributed by atoms with Crippen molar-refractivity contribution in [3.63, 3.8) is 0 Å². The number of nitrogens with zero attached hydrogens (tertiary/aromatic N) is 3. The van der Waals surface area contributed by atoms with Gasteiger partial charge in [0.1, 0.15) is 12.1 Å². The minimum Gasteiger partial charge on any atom is -0.454 e. The number of hydrogen-bond acceptors (Lipinski definition) is 7. The molecule has 1 fully saturated rings. The molecule has 3 rings (SSSR count). The number of amides is 1. The zero-order chi connectivity index (χ0) is 19.4. The van der Waals surface area contributed by atoms with Gasteiger partial charge in [-0.25, -0.2) is 4.79 Å². The highest BCUT2D eigenvalue weighted by Gasteiger charge is 2.43. The van der Waals surface area contributed by atoms with Crippen molar-refractivity contribution in [2.24, 2.45) is 5.92 Å². The van der Waals surface area contributed by atoms with Gasteiger partial charge in [-0.3, -0.25) is 9.59 Å². The lowest BCUT2D eigenvalue weighted by molar-refractivity contribution is -0.149. The summed E-state index contributed by atoms with van der Waals surface area (Å²) in [5.41, 5.74) is -0.367. The highest BCUT2D eigenvalue weighted by atomic mass is 16.5. The van der Waals surface area contributed by atoms with Gasteiger partial charge in [0.05, 0.1) is 6.07 Å². The van der Waals surface area contributed by atoms with Crippen LogP contribution >= 0.6 is 0 Å². The van der Waals surface area contributed by atoms with E-state index in [1.807, 2.05) is 6.07 Å². The normalized spacial score (nSPS) is 15.4. The number of ether oxygens (including phenoxy) is 1. The Kier molecular flexibility index (Phi) is 5.07. The van der Waals surface area contributed by atoms with E-state index < -0.39 is 36.3 Å². The van der Waals surface area contributed by atoms with Crippen LogP contribution in [-0.4, -0.2) is 33.8 Å². The van der Waals surface area contributed by atoms with Crippen molar-refractivity contribution in [2.45, 2.75) is 31.8 Å². The number of benzene rings is 1. The second kappa shape index (κ2) is 7.45. The van der Waals surface area contributed by atoms with Gasteiger partial charge in [-0.2, -0.15) is 9.94 Å². The number of aromatic nitrogens is 2. The average molecular weight is 370 g/mol. The highest BCUT2D eigenvalue weighted by Crippen LogP contribution is 2.39. The van der Waals surface area contributed by atoms with Gasteiger partial charge in [0.2, 0.25) is 5.89 Å². The highest BCUT2D eigenvalue weighted by molar-refractivity contribution is 5.81. The van der Waals surface area contributed by atoms with Crippen LogP contribution in [0.4, 0.5) is 0 Å². The number of rotatable bonds is 7. The summed E-state index contributed by atoms with van der Waals surface area (Å²) in [5.74, 6) is -1.99. The zero-order valence-corrected chi connectivity index (χ0v) is 14.7. The summed E-state index contributed by atoms with van der Waals surface area (Å²) in [6.45, 7) is 0.617. The summed E-state index contributed by atoms with van der Waals surface area (Å²) in [7, 11) is 0. The number of carbonyl (C=O) groups is 2. The Balaban J connectivity index is 1.54. The molecule has 1 aromatic carbocycles. The van der Waals surface area contributed by atoms with Gasteiger partial charge >= 0.3 is 11.7 Å². The molecule has 1 saturated carbocycles. The summed E-state index contributed by atoms with van der Waals surface area (Å²) < 4.78 is 10.7. The largest absolute Gasteiger partial charge is 0.454 e. The molecule has 0 spiro atoms. The Morgan fingerprint density at radius 2 is 2.11 bits per heavy atom. The monoisotopic (exact) mass is 370 g/mol. The number of carbonyl (C=O) groups excluding carboxylic acids is 2. The molecule has 2 aromatic rings. The Morgan fingerprint density at radius 3 is 2.74 bits per heavy atom. The lowest BCUT2D eigenvalue weighted by atomic mass is 9.98. The first-order chi connectivity index (χ1) is 12.9. The van der Waals surface area contributed by atoms with Gasteiger partial charge in [0, 0.05) is 5.56 Å². The first kappa shape index (κ1) is 18.4. The third-order valence-corrected chi connectivity index (χ3v) is 4.30. The number of nitriles is 1. The topological polar surface area (TPSA) is 127 Å². The Morgan fingerprint density at radius 1 is 1.41 bits per heavy atom. The van der Waals surface area contributed by atoms with Crippen LogP contribution in [0.5, 0.6) is 0 Å². The van der Waals surface area contributed by atoms with Gasteiger partial charge in [0.15, 0.2) is 6.61 Å². The van der Waals surface area contributed by atoms with E-state index in [9.17, 15) is 19.6 Å². The van der Waals surface area contributed by atoms with Crippen LogP contribution < -0.4 is 11.1 Å². The van der Waals surface area contributed by atoms with Crippen molar-refractivity contribution < 1.29 is 18.7 Å². The van der Waals surface area contributed by atoms with Crippen LogP contribution in [0.25, 0.3) is 11.5 Å². The summed E-state index contributed by atoms with van der Waals surface area (Å²) in [4.78, 5) is 35.6. The van der Waals surface area contributed by atoms with E-state index in [0.717, 1.165) is 17.5 Å². The summed E-state index contributed by atoms with van der Waals surface area (Å²) in [5, 5.41) is 15.7. The third-order valence-electron chi connectivity index (χ3n) is 4.30. The van der Waals surface area contributed by atoms with Crippen LogP contribution in [0.1, 0.15) is 19.8 Å². The fourth-order valence-corrected chi connectivity index (χ4v) is 2.63. The number of hydrogen-bond donors (Lipinski definition) is 1. The van der Waals surface area contributed by atoms with E-state index in [0.29, 0.717) is 5.56 Å². The number of nitrogens with one attached hydrogen (secondary N) is 1. The van der Waals surface area contributed by atoms with Crippen LogP contribution in [-0.2, 0) is 20.9 Å². The Bertz CT molecular complexity index is 939. The molecule has 1 heterocycles. The standard InChI is InChI=1S/C18H18N4O5/c1-18(11-19,13-7-8-13)20-14(23)10-26-15(24)9-22-17(25)27-16(21-22)12-5-3-2-4-6-12/h2-6,13H,7-10H2,1H3,(H,20,23)/t18-/m1/s1. The van der Waals surface area contributed by atoms with Crippen molar-refractivity contribution in [1.29, 1.82) is 5.26 Å². The van der Waals surface area contributed by atoms with Gasteiger partial charge in [-0.1, -0.05) is 18.2 Å². The van der Waals surface area contributed by atoms with Crippen LogP contribution in [0, 0.1) is 17.2 Å². The van der Waals surface area contributed by atoms with Crippen molar-refractivity contribution in [3.8, 4) is 17.5 Å². The molecule has 1 N–H and O–H groups in total. The third kappa shape index (κ3) is 4.41. The fraction of sp³-hybridized carbons (Fsp3) is 0.389. The second-order valence-corrected chi connectivity index (χ2v) is 6.49. The maximum atomic E-state index is 11.9. The summed E-state index contributed by atoms with van der Waals surface area (Å²) in [6.07, 6.45) is 1.76. The molecule has 140 valence electrons.